The third kappa shape index (κ3) is 5.47. The summed E-state index contributed by atoms with van der Waals surface area (Å²) >= 11 is 0. The molecule has 2 aromatic heterocycles. The van der Waals surface area contributed by atoms with Crippen molar-refractivity contribution in [2.75, 3.05) is 30.0 Å². The molecule has 0 saturated carbocycles. The first-order chi connectivity index (χ1) is 22.1. The molecule has 2 aliphatic heterocycles. The van der Waals surface area contributed by atoms with Crippen LogP contribution < -0.4 is 15.5 Å². The van der Waals surface area contributed by atoms with Crippen LogP contribution in [-0.2, 0) is 6.42 Å². The number of nitrogens with zero attached hydrogens (tertiary/aromatic N) is 2. The number of anilines is 2. The summed E-state index contributed by atoms with van der Waals surface area (Å²) in [6, 6.07) is 27.9. The van der Waals surface area contributed by atoms with Gasteiger partial charge in [-0.2, -0.15) is 0 Å². The number of allylic oxidation sites excluding steroid dienone is 4. The Morgan fingerprint density at radius 3 is 2.09 bits per heavy atom. The molecule has 0 atom stereocenters. The Morgan fingerprint density at radius 1 is 0.733 bits per heavy atom. The SMILES string of the molecule is C=C(NC1=CC2=C(CC1)N(CN1CCCCC1)c1ccc(NC(=C)c3cc4ccccc4[nH]3)cc1C2)c1cc2ccccc2[nH]1. The molecule has 5 aromatic rings. The molecule has 4 N–H and O–H groups in total. The number of likely N-dealkylation sites (tertiary alicyclic amines) is 1. The van der Waals surface area contributed by atoms with Gasteiger partial charge in [-0.15, -0.1) is 0 Å². The second-order valence-corrected chi connectivity index (χ2v) is 12.7. The van der Waals surface area contributed by atoms with E-state index in [1.807, 2.05) is 0 Å². The highest BCUT2D eigenvalue weighted by atomic mass is 15.3. The highest BCUT2D eigenvalue weighted by molar-refractivity contribution is 5.87. The zero-order valence-corrected chi connectivity index (χ0v) is 25.8. The minimum atomic E-state index is 0.867. The number of hydrogen-bond acceptors (Lipinski definition) is 4. The quantitative estimate of drug-likeness (QED) is 0.146. The number of aromatic nitrogens is 2. The highest BCUT2D eigenvalue weighted by Gasteiger charge is 2.29. The van der Waals surface area contributed by atoms with E-state index in [1.54, 1.807) is 0 Å². The molecule has 1 saturated heterocycles. The molecule has 0 radical (unpaired) electrons. The molecule has 3 aliphatic rings. The fraction of sp³-hybridized carbons (Fsp3) is 0.231. The van der Waals surface area contributed by atoms with Gasteiger partial charge in [0.25, 0.3) is 0 Å². The Morgan fingerprint density at radius 2 is 1.40 bits per heavy atom. The van der Waals surface area contributed by atoms with Gasteiger partial charge < -0.3 is 25.5 Å². The summed E-state index contributed by atoms with van der Waals surface area (Å²) in [7, 11) is 0. The minimum Gasteiger partial charge on any atom is -0.358 e. The molecule has 0 amide bonds. The fourth-order valence-corrected chi connectivity index (χ4v) is 7.20. The minimum absolute atomic E-state index is 0.867. The van der Waals surface area contributed by atoms with Crippen LogP contribution in [0.15, 0.2) is 115 Å². The van der Waals surface area contributed by atoms with E-state index < -0.39 is 0 Å². The van der Waals surface area contributed by atoms with Gasteiger partial charge in [-0.3, -0.25) is 4.90 Å². The summed E-state index contributed by atoms with van der Waals surface area (Å²) in [4.78, 5) is 12.2. The van der Waals surface area contributed by atoms with E-state index >= 15 is 0 Å². The Bertz CT molecular complexity index is 1930. The number of piperidine rings is 1. The van der Waals surface area contributed by atoms with Gasteiger partial charge in [0, 0.05) is 51.0 Å². The number of nitrogens with one attached hydrogen (secondary N) is 4. The van der Waals surface area contributed by atoms with E-state index in [2.05, 4.69) is 128 Å². The second-order valence-electron chi connectivity index (χ2n) is 12.7. The van der Waals surface area contributed by atoms with Gasteiger partial charge in [-0.25, -0.2) is 0 Å². The van der Waals surface area contributed by atoms with Crippen LogP contribution in [0.25, 0.3) is 33.2 Å². The molecule has 6 nitrogen and oxygen atoms in total. The Balaban J connectivity index is 1.07. The first-order valence-electron chi connectivity index (χ1n) is 16.2. The first kappa shape index (κ1) is 27.6. The zero-order chi connectivity index (χ0) is 30.3. The lowest BCUT2D eigenvalue weighted by atomic mass is 9.89. The molecule has 3 aromatic carbocycles. The number of para-hydroxylation sites is 2. The van der Waals surface area contributed by atoms with Crippen LogP contribution in [0, 0.1) is 0 Å². The van der Waals surface area contributed by atoms with E-state index in [-0.39, 0.29) is 0 Å². The molecule has 226 valence electrons. The molecule has 45 heavy (non-hydrogen) atoms. The first-order valence-corrected chi connectivity index (χ1v) is 16.2. The molecule has 8 rings (SSSR count). The summed E-state index contributed by atoms with van der Waals surface area (Å²) in [5.41, 5.74) is 13.9. The molecule has 0 spiro atoms. The average Bonchev–Trinajstić information content (AvgIpc) is 3.70. The van der Waals surface area contributed by atoms with Crippen LogP contribution in [0.5, 0.6) is 0 Å². The third-order valence-corrected chi connectivity index (χ3v) is 9.53. The summed E-state index contributed by atoms with van der Waals surface area (Å²) in [6.07, 6.45) is 9.17. The number of H-pyrrole nitrogens is 2. The van der Waals surface area contributed by atoms with Gasteiger partial charge in [0.2, 0.25) is 0 Å². The van der Waals surface area contributed by atoms with Gasteiger partial charge in [0.15, 0.2) is 0 Å². The lowest BCUT2D eigenvalue weighted by Gasteiger charge is -2.41. The molecule has 0 unspecified atom stereocenters. The van der Waals surface area contributed by atoms with Crippen LogP contribution >= 0.6 is 0 Å². The Labute approximate surface area is 264 Å². The Kier molecular flexibility index (Phi) is 7.07. The number of rotatable bonds is 8. The van der Waals surface area contributed by atoms with Gasteiger partial charge in [-0.05, 0) is 98.4 Å². The maximum Gasteiger partial charge on any atom is 0.0753 e. The van der Waals surface area contributed by atoms with Crippen LogP contribution in [-0.4, -0.2) is 34.6 Å². The predicted octanol–water partition coefficient (Wildman–Crippen LogP) is 8.73. The van der Waals surface area contributed by atoms with Crippen molar-refractivity contribution < 1.29 is 0 Å². The third-order valence-electron chi connectivity index (χ3n) is 9.53. The lowest BCUT2D eigenvalue weighted by molar-refractivity contribution is 0.231. The van der Waals surface area contributed by atoms with Crippen molar-refractivity contribution in [2.45, 2.75) is 38.5 Å². The number of fused-ring (bicyclic) bond motifs is 3. The normalized spacial score (nSPS) is 16.8. The lowest BCUT2D eigenvalue weighted by Crippen LogP contribution is -2.42. The topological polar surface area (TPSA) is 62.1 Å². The molecular formula is C39H40N6. The van der Waals surface area contributed by atoms with E-state index in [1.165, 1.54) is 71.3 Å². The highest BCUT2D eigenvalue weighted by Crippen LogP contribution is 2.41. The monoisotopic (exact) mass is 592 g/mol. The predicted molar refractivity (Wildman–Crippen MR) is 189 cm³/mol. The summed E-state index contributed by atoms with van der Waals surface area (Å²) in [5, 5.41) is 9.64. The van der Waals surface area contributed by atoms with Gasteiger partial charge in [0.1, 0.15) is 0 Å². The van der Waals surface area contributed by atoms with Gasteiger partial charge >= 0.3 is 0 Å². The maximum atomic E-state index is 4.39. The van der Waals surface area contributed by atoms with Crippen LogP contribution in [0.2, 0.25) is 0 Å². The summed E-state index contributed by atoms with van der Waals surface area (Å²) < 4.78 is 0. The van der Waals surface area contributed by atoms with Crippen molar-refractivity contribution >= 4 is 44.6 Å². The van der Waals surface area contributed by atoms with Crippen molar-refractivity contribution in [3.8, 4) is 0 Å². The van der Waals surface area contributed by atoms with Crippen LogP contribution in [0.4, 0.5) is 11.4 Å². The van der Waals surface area contributed by atoms with E-state index in [0.717, 1.165) is 65.4 Å². The molecule has 0 bridgehead atoms. The molecular weight excluding hydrogens is 552 g/mol. The van der Waals surface area contributed by atoms with E-state index in [4.69, 9.17) is 0 Å². The fourth-order valence-electron chi connectivity index (χ4n) is 7.20. The van der Waals surface area contributed by atoms with Crippen LogP contribution in [0.1, 0.15) is 49.1 Å². The molecule has 1 aliphatic carbocycles. The number of aromatic amines is 2. The summed E-state index contributed by atoms with van der Waals surface area (Å²) in [6.45, 7) is 12.0. The van der Waals surface area contributed by atoms with Crippen molar-refractivity contribution in [1.82, 2.24) is 20.2 Å². The van der Waals surface area contributed by atoms with Crippen molar-refractivity contribution in [3.05, 3.63) is 132 Å². The largest absolute Gasteiger partial charge is 0.358 e. The van der Waals surface area contributed by atoms with Gasteiger partial charge in [-0.1, -0.05) is 56.0 Å². The number of benzene rings is 3. The van der Waals surface area contributed by atoms with Crippen molar-refractivity contribution in [1.29, 1.82) is 0 Å². The van der Waals surface area contributed by atoms with Crippen molar-refractivity contribution in [3.63, 3.8) is 0 Å². The average molecular weight is 593 g/mol. The standard InChI is InChI=1S/C39H40N6/c1-26(36-23-28-10-4-6-12-34(28)42-36)40-32-14-16-38-30(21-32)20-31-22-33(15-17-39(31)45(38)25-44-18-8-3-9-19-44)41-27(2)37-24-29-11-5-7-13-35(29)43-37/h4-7,10-14,16,21-24,40-43H,1-3,8-9,15,17-20,25H2. The van der Waals surface area contributed by atoms with Crippen molar-refractivity contribution in [2.24, 2.45) is 0 Å². The number of hydrogen-bond donors (Lipinski definition) is 4. The summed E-state index contributed by atoms with van der Waals surface area (Å²) in [5.74, 6) is 0. The molecule has 6 heteroatoms. The van der Waals surface area contributed by atoms with Gasteiger partial charge in [0.05, 0.1) is 29.5 Å². The van der Waals surface area contributed by atoms with Crippen LogP contribution in [0.3, 0.4) is 0 Å². The maximum absolute atomic E-state index is 4.39. The Hall–Kier alpha value is -4.94. The second kappa shape index (κ2) is 11.5. The van der Waals surface area contributed by atoms with E-state index in [0.29, 0.717) is 0 Å². The van der Waals surface area contributed by atoms with E-state index in [9.17, 15) is 0 Å². The smallest absolute Gasteiger partial charge is 0.0753 e. The molecule has 1 fully saturated rings. The zero-order valence-electron chi connectivity index (χ0n) is 25.8. The molecule has 4 heterocycles.